The minimum absolute atomic E-state index is 0.113. The molecule has 0 atom stereocenters. The minimum atomic E-state index is -0.574. The van der Waals surface area contributed by atoms with Crippen LogP contribution in [-0.2, 0) is 4.79 Å². The molecule has 24 heavy (non-hydrogen) atoms. The minimum Gasteiger partial charge on any atom is -0.343 e. The summed E-state index contributed by atoms with van der Waals surface area (Å²) >= 11 is 1.47. The number of nitrogens with zero attached hydrogens (tertiary/aromatic N) is 2. The second-order valence-electron chi connectivity index (χ2n) is 4.75. The van der Waals surface area contributed by atoms with Gasteiger partial charge in [0.05, 0.1) is 17.7 Å². The number of thiophene rings is 1. The maximum Gasteiger partial charge on any atom is 0.273 e. The van der Waals surface area contributed by atoms with E-state index in [0.717, 1.165) is 4.88 Å². The fourth-order valence-electron chi connectivity index (χ4n) is 1.78. The highest BCUT2D eigenvalue weighted by Gasteiger charge is 2.15. The number of hydrogen-bond acceptors (Lipinski definition) is 6. The Morgan fingerprint density at radius 2 is 2.17 bits per heavy atom. The zero-order valence-corrected chi connectivity index (χ0v) is 13.5. The zero-order valence-electron chi connectivity index (χ0n) is 12.7. The van der Waals surface area contributed by atoms with Crippen molar-refractivity contribution in [3.05, 3.63) is 61.8 Å². The van der Waals surface area contributed by atoms with Gasteiger partial charge in [-0.1, -0.05) is 12.1 Å². The lowest BCUT2D eigenvalue weighted by molar-refractivity contribution is -0.385. The topological polar surface area (TPSA) is 114 Å². The van der Waals surface area contributed by atoms with Crippen LogP contribution in [0.25, 0.3) is 0 Å². The smallest absolute Gasteiger partial charge is 0.273 e. The molecule has 9 heteroatoms. The zero-order chi connectivity index (χ0) is 17.5. The second kappa shape index (κ2) is 7.97. The van der Waals surface area contributed by atoms with E-state index in [0.29, 0.717) is 5.56 Å². The monoisotopic (exact) mass is 346 g/mol. The van der Waals surface area contributed by atoms with Gasteiger partial charge in [0.1, 0.15) is 0 Å². The number of nitro benzene ring substituents is 1. The van der Waals surface area contributed by atoms with Crippen molar-refractivity contribution in [3.8, 4) is 0 Å². The number of hydrogen-bond donors (Lipinski definition) is 2. The van der Waals surface area contributed by atoms with Crippen molar-refractivity contribution in [2.45, 2.75) is 6.92 Å². The molecular formula is C15H14N4O4S. The highest BCUT2D eigenvalue weighted by atomic mass is 32.1. The number of hydrazone groups is 1. The molecule has 2 amide bonds. The lowest BCUT2D eigenvalue weighted by Gasteiger charge is -2.05. The number of amides is 2. The van der Waals surface area contributed by atoms with E-state index in [-0.39, 0.29) is 17.8 Å². The van der Waals surface area contributed by atoms with Gasteiger partial charge in [-0.25, -0.2) is 5.43 Å². The van der Waals surface area contributed by atoms with Crippen molar-refractivity contribution < 1.29 is 14.5 Å². The van der Waals surface area contributed by atoms with Gasteiger partial charge >= 0.3 is 0 Å². The van der Waals surface area contributed by atoms with Gasteiger partial charge in [-0.3, -0.25) is 19.7 Å². The molecule has 0 saturated carbocycles. The number of nitro groups is 1. The Morgan fingerprint density at radius 3 is 2.83 bits per heavy atom. The van der Waals surface area contributed by atoms with Crippen LogP contribution in [0.5, 0.6) is 0 Å². The van der Waals surface area contributed by atoms with Gasteiger partial charge < -0.3 is 5.32 Å². The Bertz CT molecular complexity index is 787. The van der Waals surface area contributed by atoms with Gasteiger partial charge in [-0.15, -0.1) is 11.3 Å². The molecule has 2 aromatic rings. The third-order valence-corrected chi connectivity index (χ3v) is 3.81. The highest BCUT2D eigenvalue weighted by Crippen LogP contribution is 2.19. The van der Waals surface area contributed by atoms with Gasteiger partial charge in [0.25, 0.3) is 17.5 Å². The van der Waals surface area contributed by atoms with Crippen LogP contribution in [0.4, 0.5) is 5.69 Å². The molecule has 0 aliphatic heterocycles. The fourth-order valence-corrected chi connectivity index (χ4v) is 2.37. The number of carbonyl (C=O) groups is 2. The number of nitrogens with one attached hydrogen (secondary N) is 2. The molecule has 0 aliphatic rings. The van der Waals surface area contributed by atoms with Gasteiger partial charge in [-0.05, 0) is 24.4 Å². The average molecular weight is 346 g/mol. The van der Waals surface area contributed by atoms with Crippen molar-refractivity contribution in [1.29, 1.82) is 0 Å². The summed E-state index contributed by atoms with van der Waals surface area (Å²) in [5.74, 6) is -1.08. The molecule has 0 aliphatic carbocycles. The van der Waals surface area contributed by atoms with E-state index < -0.39 is 16.7 Å². The van der Waals surface area contributed by atoms with E-state index in [1.54, 1.807) is 6.92 Å². The molecule has 0 radical (unpaired) electrons. The van der Waals surface area contributed by atoms with Crippen LogP contribution in [0.3, 0.4) is 0 Å². The first-order valence-corrected chi connectivity index (χ1v) is 7.74. The number of rotatable bonds is 6. The van der Waals surface area contributed by atoms with Gasteiger partial charge in [0, 0.05) is 22.1 Å². The van der Waals surface area contributed by atoms with Crippen molar-refractivity contribution in [2.75, 3.05) is 6.54 Å². The van der Waals surface area contributed by atoms with Crippen LogP contribution >= 0.6 is 11.3 Å². The van der Waals surface area contributed by atoms with E-state index in [1.165, 1.54) is 35.8 Å². The molecule has 0 fully saturated rings. The van der Waals surface area contributed by atoms with Gasteiger partial charge in [0.2, 0.25) is 0 Å². The first-order chi connectivity index (χ1) is 11.5. The predicted molar refractivity (Wildman–Crippen MR) is 90.2 cm³/mol. The Kier molecular flexibility index (Phi) is 5.74. The molecule has 2 rings (SSSR count). The molecule has 0 saturated heterocycles. The third kappa shape index (κ3) is 4.71. The van der Waals surface area contributed by atoms with E-state index in [4.69, 9.17) is 0 Å². The van der Waals surface area contributed by atoms with Crippen LogP contribution in [0, 0.1) is 17.0 Å². The second-order valence-corrected chi connectivity index (χ2v) is 5.73. The summed E-state index contributed by atoms with van der Waals surface area (Å²) in [6.07, 6.45) is 1.49. The molecule has 0 unspecified atom stereocenters. The van der Waals surface area contributed by atoms with Crippen molar-refractivity contribution in [2.24, 2.45) is 5.10 Å². The van der Waals surface area contributed by atoms with Crippen LogP contribution in [0.1, 0.15) is 20.8 Å². The van der Waals surface area contributed by atoms with Crippen LogP contribution in [-0.4, -0.2) is 29.5 Å². The van der Waals surface area contributed by atoms with Gasteiger partial charge in [0.15, 0.2) is 0 Å². The normalized spacial score (nSPS) is 10.5. The Labute approximate surface area is 141 Å². The van der Waals surface area contributed by atoms with E-state index >= 15 is 0 Å². The predicted octanol–water partition coefficient (Wildman–Crippen LogP) is 1.84. The molecule has 1 aromatic carbocycles. The number of benzene rings is 1. The van der Waals surface area contributed by atoms with Crippen LogP contribution in [0.2, 0.25) is 0 Å². The first kappa shape index (κ1) is 17.3. The molecule has 1 aromatic heterocycles. The maximum atomic E-state index is 11.9. The lowest BCUT2D eigenvalue weighted by atomic mass is 10.1. The SMILES string of the molecule is Cc1ccc(C(=O)NCC(=O)NN=Cc2cccs2)cc1[N+](=O)[O-]. The van der Waals surface area contributed by atoms with E-state index in [9.17, 15) is 19.7 Å². The summed E-state index contributed by atoms with van der Waals surface area (Å²) < 4.78 is 0. The van der Waals surface area contributed by atoms with Crippen molar-refractivity contribution >= 4 is 35.1 Å². The molecule has 2 N–H and O–H groups in total. The average Bonchev–Trinajstić information content (AvgIpc) is 3.06. The van der Waals surface area contributed by atoms with Crippen LogP contribution in [0.15, 0.2) is 40.8 Å². The van der Waals surface area contributed by atoms with E-state index in [2.05, 4.69) is 15.8 Å². The van der Waals surface area contributed by atoms with Crippen LogP contribution < -0.4 is 10.7 Å². The number of aryl methyl sites for hydroxylation is 1. The molecular weight excluding hydrogens is 332 g/mol. The summed E-state index contributed by atoms with van der Waals surface area (Å²) in [5, 5.41) is 18.9. The summed E-state index contributed by atoms with van der Waals surface area (Å²) in [6, 6.07) is 7.82. The Hall–Kier alpha value is -3.07. The quantitative estimate of drug-likeness (QED) is 0.472. The number of carbonyl (C=O) groups excluding carboxylic acids is 2. The molecule has 1 heterocycles. The molecule has 124 valence electrons. The Balaban J connectivity index is 1.87. The summed E-state index contributed by atoms with van der Waals surface area (Å²) in [7, 11) is 0. The van der Waals surface area contributed by atoms with Crippen molar-refractivity contribution in [1.82, 2.24) is 10.7 Å². The van der Waals surface area contributed by atoms with E-state index in [1.807, 2.05) is 17.5 Å². The lowest BCUT2D eigenvalue weighted by Crippen LogP contribution is -2.34. The highest BCUT2D eigenvalue weighted by molar-refractivity contribution is 7.11. The molecule has 8 nitrogen and oxygen atoms in total. The van der Waals surface area contributed by atoms with Gasteiger partial charge in [-0.2, -0.15) is 5.10 Å². The molecule has 0 bridgehead atoms. The Morgan fingerprint density at radius 1 is 1.38 bits per heavy atom. The standard InChI is InChI=1S/C15H14N4O4S/c1-10-4-5-11(7-13(10)19(22)23)15(21)16-9-14(20)18-17-8-12-3-2-6-24-12/h2-8H,9H2,1H3,(H,16,21)(H,18,20). The summed E-state index contributed by atoms with van der Waals surface area (Å²) in [6.45, 7) is 1.29. The maximum absolute atomic E-state index is 11.9. The summed E-state index contributed by atoms with van der Waals surface area (Å²) in [5.41, 5.74) is 2.70. The summed E-state index contributed by atoms with van der Waals surface area (Å²) in [4.78, 5) is 34.7. The third-order valence-electron chi connectivity index (χ3n) is 3.00. The fraction of sp³-hybridized carbons (Fsp3) is 0.133. The first-order valence-electron chi connectivity index (χ1n) is 6.86. The molecule has 0 spiro atoms. The van der Waals surface area contributed by atoms with Crippen molar-refractivity contribution in [3.63, 3.8) is 0 Å². The largest absolute Gasteiger partial charge is 0.343 e.